The molecule has 16 heavy (non-hydrogen) atoms. The molecule has 78 valence electrons. The number of thiocarbonyl (C=S) groups is 1. The Labute approximate surface area is 132 Å². The molecular weight excluding hydrogens is 267 g/mol. The summed E-state index contributed by atoms with van der Waals surface area (Å²) in [5.74, 6) is 0. The van der Waals surface area contributed by atoms with Gasteiger partial charge in [-0.3, -0.25) is 0 Å². The van der Waals surface area contributed by atoms with Crippen molar-refractivity contribution in [3.63, 3.8) is 0 Å². The maximum absolute atomic E-state index is 4.76. The van der Waals surface area contributed by atoms with Crippen LogP contribution in [0.2, 0.25) is 0 Å². The number of benzene rings is 1. The van der Waals surface area contributed by atoms with Gasteiger partial charge >= 0.3 is 29.6 Å². The zero-order valence-electron chi connectivity index (χ0n) is 8.90. The Bertz CT molecular complexity index is 451. The van der Waals surface area contributed by atoms with Gasteiger partial charge in [0.25, 0.3) is 0 Å². The molecule has 0 atom stereocenters. The second kappa shape index (κ2) is 6.83. The molecule has 6 heteroatoms. The van der Waals surface area contributed by atoms with Crippen LogP contribution in [0.15, 0.2) is 24.3 Å². The van der Waals surface area contributed by atoms with Crippen LogP contribution in [0.25, 0.3) is 10.2 Å². The molecule has 2 nitrogen and oxygen atoms in total. The molecule has 0 aliphatic rings. The number of nitrogens with zero attached hydrogens (tertiary/aromatic N) is 1. The quantitative estimate of drug-likeness (QED) is 0.454. The third kappa shape index (κ3) is 3.91. The topological polar surface area (TPSA) is 24.9 Å². The van der Waals surface area contributed by atoms with Gasteiger partial charge in [0.05, 0.1) is 15.2 Å². The first-order valence-electron chi connectivity index (χ1n) is 4.55. The van der Waals surface area contributed by atoms with E-state index in [9.17, 15) is 0 Å². The van der Waals surface area contributed by atoms with Gasteiger partial charge < -0.3 is 30.2 Å². The van der Waals surface area contributed by atoms with Gasteiger partial charge in [0.15, 0.2) is 0 Å². The van der Waals surface area contributed by atoms with E-state index in [2.05, 4.69) is 16.4 Å². The van der Waals surface area contributed by atoms with E-state index in [1.165, 1.54) is 4.70 Å². The van der Waals surface area contributed by atoms with Crippen molar-refractivity contribution in [1.29, 1.82) is 0 Å². The largest absolute Gasteiger partial charge is 1.00 e. The summed E-state index contributed by atoms with van der Waals surface area (Å²) in [5.41, 5.74) is 1.07. The predicted molar refractivity (Wildman–Crippen MR) is 71.3 cm³/mol. The van der Waals surface area contributed by atoms with Gasteiger partial charge in [0, 0.05) is 13.0 Å². The molecule has 0 amide bonds. The van der Waals surface area contributed by atoms with E-state index in [4.69, 9.17) is 24.8 Å². The van der Waals surface area contributed by atoms with Crippen molar-refractivity contribution in [3.8, 4) is 0 Å². The van der Waals surface area contributed by atoms with Crippen molar-refractivity contribution in [1.82, 2.24) is 10.3 Å². The van der Waals surface area contributed by atoms with Gasteiger partial charge in [-0.1, -0.05) is 16.5 Å². The molecule has 0 aliphatic carbocycles. The summed E-state index contributed by atoms with van der Waals surface area (Å²) in [7, 11) is 0. The van der Waals surface area contributed by atoms with Crippen LogP contribution in [0.5, 0.6) is 0 Å². The van der Waals surface area contributed by atoms with Gasteiger partial charge in [-0.05, 0) is 12.1 Å². The minimum absolute atomic E-state index is 0. The maximum atomic E-state index is 4.76. The van der Waals surface area contributed by atoms with E-state index in [-0.39, 0.29) is 29.6 Å². The number of nitrogens with one attached hydrogen (secondary N) is 1. The summed E-state index contributed by atoms with van der Waals surface area (Å²) in [6.07, 6.45) is 0.871. The number of rotatable bonds is 3. The van der Waals surface area contributed by atoms with Gasteiger partial charge in [0.1, 0.15) is 0 Å². The maximum Gasteiger partial charge on any atom is 1.00 e. The third-order valence-electron chi connectivity index (χ3n) is 1.95. The van der Waals surface area contributed by atoms with Crippen molar-refractivity contribution in [2.75, 3.05) is 6.54 Å². The first-order chi connectivity index (χ1) is 7.25. The number of aromatic nitrogens is 1. The minimum Gasteiger partial charge on any atom is -0.412 e. The summed E-state index contributed by atoms with van der Waals surface area (Å²) in [5, 5.41) is 4.07. The second-order valence-electron chi connectivity index (χ2n) is 3.04. The minimum atomic E-state index is 0. The predicted octanol–water partition coefficient (Wildman–Crippen LogP) is -0.736. The fourth-order valence-corrected chi connectivity index (χ4v) is 2.47. The molecule has 0 saturated carbocycles. The van der Waals surface area contributed by atoms with E-state index in [0.29, 0.717) is 4.32 Å². The Balaban J connectivity index is 0.00000128. The van der Waals surface area contributed by atoms with Gasteiger partial charge in [-0.2, -0.15) is 0 Å². The third-order valence-corrected chi connectivity index (χ3v) is 3.33. The van der Waals surface area contributed by atoms with Crippen molar-refractivity contribution in [2.24, 2.45) is 0 Å². The Kier molecular flexibility index (Phi) is 6.10. The van der Waals surface area contributed by atoms with Crippen LogP contribution in [0.1, 0.15) is 5.01 Å². The van der Waals surface area contributed by atoms with Crippen molar-refractivity contribution >= 4 is 50.7 Å². The number of para-hydroxylation sites is 1. The van der Waals surface area contributed by atoms with E-state index in [1.807, 2.05) is 18.2 Å². The summed E-state index contributed by atoms with van der Waals surface area (Å²) >= 11 is 11.2. The summed E-state index contributed by atoms with van der Waals surface area (Å²) in [4.78, 5) is 4.51. The molecule has 1 N–H and O–H groups in total. The van der Waals surface area contributed by atoms with Gasteiger partial charge in [-0.15, -0.1) is 11.3 Å². The molecule has 2 aromatic rings. The van der Waals surface area contributed by atoms with Crippen LogP contribution >= 0.6 is 23.6 Å². The zero-order chi connectivity index (χ0) is 10.7. The van der Waals surface area contributed by atoms with Crippen LogP contribution < -0.4 is 34.9 Å². The average molecular weight is 276 g/mol. The molecule has 2 rings (SSSR count). The SMILES string of the molecule is S=C([S-])NCCc1nc2ccccc2s1.[Na+]. The number of hydrogen-bond donors (Lipinski definition) is 1. The monoisotopic (exact) mass is 276 g/mol. The van der Waals surface area contributed by atoms with Crippen LogP contribution in [-0.4, -0.2) is 15.8 Å². The van der Waals surface area contributed by atoms with E-state index >= 15 is 0 Å². The van der Waals surface area contributed by atoms with Gasteiger partial charge in [-0.25, -0.2) is 4.98 Å². The fourth-order valence-electron chi connectivity index (χ4n) is 1.30. The smallest absolute Gasteiger partial charge is 0.412 e. The summed E-state index contributed by atoms with van der Waals surface area (Å²) < 4.78 is 1.66. The first kappa shape index (κ1) is 14.3. The average Bonchev–Trinajstić information content (AvgIpc) is 2.59. The van der Waals surface area contributed by atoms with E-state index < -0.39 is 0 Å². The van der Waals surface area contributed by atoms with Crippen LogP contribution in [0.4, 0.5) is 0 Å². The zero-order valence-corrected chi connectivity index (χ0v) is 13.3. The molecule has 1 heterocycles. The van der Waals surface area contributed by atoms with Crippen molar-refractivity contribution in [2.45, 2.75) is 6.42 Å². The van der Waals surface area contributed by atoms with Crippen LogP contribution in [0.3, 0.4) is 0 Å². The molecule has 0 fully saturated rings. The second-order valence-corrected chi connectivity index (χ2v) is 5.23. The Morgan fingerprint density at radius 3 is 2.88 bits per heavy atom. The molecular formula is C10H9N2NaS3. The normalized spacial score (nSPS) is 9.75. The summed E-state index contributed by atoms with van der Waals surface area (Å²) in [6, 6.07) is 8.14. The van der Waals surface area contributed by atoms with Crippen molar-refractivity contribution < 1.29 is 29.6 Å². The molecule has 0 unspecified atom stereocenters. The molecule has 0 bridgehead atoms. The Morgan fingerprint density at radius 2 is 2.19 bits per heavy atom. The molecule has 1 aromatic carbocycles. The number of fused-ring (bicyclic) bond motifs is 1. The van der Waals surface area contributed by atoms with Crippen LogP contribution in [0, 0.1) is 0 Å². The standard InChI is InChI=1S/C10H10N2S3.Na/c13-10(14)11-6-5-9-12-7-3-1-2-4-8(7)15-9;/h1-4H,5-6H2,(H2,11,13,14);/q;+1/p-1. The van der Waals surface area contributed by atoms with Gasteiger partial charge in [0.2, 0.25) is 0 Å². The fraction of sp³-hybridized carbons (Fsp3) is 0.200. The number of hydrogen-bond acceptors (Lipinski definition) is 4. The van der Waals surface area contributed by atoms with E-state index in [0.717, 1.165) is 23.5 Å². The van der Waals surface area contributed by atoms with Crippen molar-refractivity contribution in [3.05, 3.63) is 29.3 Å². The molecule has 0 saturated heterocycles. The molecule has 0 spiro atoms. The molecule has 1 aromatic heterocycles. The first-order valence-corrected chi connectivity index (χ1v) is 6.18. The molecule has 0 radical (unpaired) electrons. The molecule has 0 aliphatic heterocycles. The Hall–Kier alpha value is 0.220. The Morgan fingerprint density at radius 1 is 1.44 bits per heavy atom. The number of thiazole rings is 1. The van der Waals surface area contributed by atoms with Crippen LogP contribution in [-0.2, 0) is 19.0 Å². The van der Waals surface area contributed by atoms with E-state index in [1.54, 1.807) is 11.3 Å². The summed E-state index contributed by atoms with van der Waals surface area (Å²) in [6.45, 7) is 0.766.